The normalized spacial score (nSPS) is 10.4. The van der Waals surface area contributed by atoms with Gasteiger partial charge in [-0.3, -0.25) is 4.79 Å². The molecule has 0 saturated heterocycles. The van der Waals surface area contributed by atoms with Crippen LogP contribution in [0.5, 0.6) is 5.75 Å². The van der Waals surface area contributed by atoms with E-state index in [0.717, 1.165) is 27.6 Å². The number of thiazole rings is 1. The third-order valence-electron chi connectivity index (χ3n) is 3.56. The first-order valence-corrected chi connectivity index (χ1v) is 8.52. The molecule has 3 aromatic rings. The minimum Gasteiger partial charge on any atom is -0.497 e. The van der Waals surface area contributed by atoms with Gasteiger partial charge in [0.05, 0.1) is 25.8 Å². The van der Waals surface area contributed by atoms with Crippen molar-refractivity contribution < 1.29 is 9.53 Å². The van der Waals surface area contributed by atoms with E-state index >= 15 is 0 Å². The van der Waals surface area contributed by atoms with Crippen molar-refractivity contribution in [3.05, 3.63) is 71.2 Å². The Morgan fingerprint density at radius 2 is 1.88 bits per heavy atom. The Labute approximate surface area is 145 Å². The van der Waals surface area contributed by atoms with Gasteiger partial charge < -0.3 is 10.1 Å². The van der Waals surface area contributed by atoms with Crippen molar-refractivity contribution >= 4 is 17.2 Å². The summed E-state index contributed by atoms with van der Waals surface area (Å²) >= 11 is 1.57. The molecule has 0 atom stereocenters. The number of carbonyl (C=O) groups is 1. The summed E-state index contributed by atoms with van der Waals surface area (Å²) in [6, 6.07) is 17.5. The third kappa shape index (κ3) is 4.20. The maximum atomic E-state index is 12.0. The molecule has 1 amide bonds. The number of nitrogens with one attached hydrogen (secondary N) is 1. The standard InChI is InChI=1S/C19H18N2O2S/c1-23-17-9-7-15(8-10-17)19-21-16(13-24-19)12-20-18(22)11-14-5-3-2-4-6-14/h2-10,13H,11-12H2,1H3,(H,20,22). The maximum absolute atomic E-state index is 12.0. The first kappa shape index (κ1) is 16.2. The van der Waals surface area contributed by atoms with E-state index in [-0.39, 0.29) is 5.91 Å². The SMILES string of the molecule is COc1ccc(-c2nc(CNC(=O)Cc3ccccc3)cs2)cc1. The van der Waals surface area contributed by atoms with Gasteiger partial charge in [0.1, 0.15) is 10.8 Å². The second-order valence-corrected chi connectivity index (χ2v) is 6.17. The number of ether oxygens (including phenoxy) is 1. The highest BCUT2D eigenvalue weighted by Crippen LogP contribution is 2.25. The summed E-state index contributed by atoms with van der Waals surface area (Å²) in [5.41, 5.74) is 2.92. The number of hydrogen-bond acceptors (Lipinski definition) is 4. The minimum absolute atomic E-state index is 0.000183. The van der Waals surface area contributed by atoms with E-state index in [2.05, 4.69) is 10.3 Å². The molecule has 122 valence electrons. The second-order valence-electron chi connectivity index (χ2n) is 5.31. The summed E-state index contributed by atoms with van der Waals surface area (Å²) in [6.45, 7) is 0.443. The smallest absolute Gasteiger partial charge is 0.224 e. The Bertz CT molecular complexity index is 798. The Morgan fingerprint density at radius 1 is 1.12 bits per heavy atom. The molecular weight excluding hydrogens is 320 g/mol. The van der Waals surface area contributed by atoms with E-state index in [1.807, 2.05) is 60.0 Å². The number of rotatable bonds is 6. The zero-order valence-corrected chi connectivity index (χ0v) is 14.2. The zero-order chi connectivity index (χ0) is 16.8. The van der Waals surface area contributed by atoms with Gasteiger partial charge in [0.25, 0.3) is 0 Å². The minimum atomic E-state index is 0.000183. The molecule has 1 N–H and O–H groups in total. The van der Waals surface area contributed by atoms with E-state index in [1.165, 1.54) is 0 Å². The van der Waals surface area contributed by atoms with Crippen molar-refractivity contribution in [2.24, 2.45) is 0 Å². The van der Waals surface area contributed by atoms with Crippen molar-refractivity contribution in [2.45, 2.75) is 13.0 Å². The maximum Gasteiger partial charge on any atom is 0.224 e. The van der Waals surface area contributed by atoms with E-state index in [9.17, 15) is 4.79 Å². The Morgan fingerprint density at radius 3 is 2.58 bits per heavy atom. The molecule has 0 aliphatic carbocycles. The average molecular weight is 338 g/mol. The average Bonchev–Trinajstić information content (AvgIpc) is 3.10. The van der Waals surface area contributed by atoms with Crippen LogP contribution in [0.2, 0.25) is 0 Å². The molecule has 5 heteroatoms. The number of aromatic nitrogens is 1. The Balaban J connectivity index is 1.56. The molecule has 0 saturated carbocycles. The predicted octanol–water partition coefficient (Wildman–Crippen LogP) is 3.68. The van der Waals surface area contributed by atoms with Crippen LogP contribution in [0.15, 0.2) is 60.0 Å². The third-order valence-corrected chi connectivity index (χ3v) is 4.50. The summed E-state index contributed by atoms with van der Waals surface area (Å²) < 4.78 is 5.16. The van der Waals surface area contributed by atoms with Crippen molar-refractivity contribution in [2.75, 3.05) is 7.11 Å². The largest absolute Gasteiger partial charge is 0.497 e. The fourth-order valence-electron chi connectivity index (χ4n) is 2.29. The lowest BCUT2D eigenvalue weighted by molar-refractivity contribution is -0.120. The van der Waals surface area contributed by atoms with Gasteiger partial charge in [-0.2, -0.15) is 0 Å². The second kappa shape index (κ2) is 7.75. The molecule has 0 aliphatic rings. The fourth-order valence-corrected chi connectivity index (χ4v) is 3.11. The molecule has 4 nitrogen and oxygen atoms in total. The summed E-state index contributed by atoms with van der Waals surface area (Å²) in [4.78, 5) is 16.6. The molecule has 0 unspecified atom stereocenters. The number of nitrogens with zero attached hydrogens (tertiary/aromatic N) is 1. The topological polar surface area (TPSA) is 51.2 Å². The lowest BCUT2D eigenvalue weighted by atomic mass is 10.1. The Kier molecular flexibility index (Phi) is 5.23. The van der Waals surface area contributed by atoms with Gasteiger partial charge in [0, 0.05) is 10.9 Å². The monoisotopic (exact) mass is 338 g/mol. The molecule has 0 aliphatic heterocycles. The summed E-state index contributed by atoms with van der Waals surface area (Å²) in [6.07, 6.45) is 0.385. The number of carbonyl (C=O) groups excluding carboxylic acids is 1. The highest BCUT2D eigenvalue weighted by Gasteiger charge is 2.07. The van der Waals surface area contributed by atoms with Crippen LogP contribution in [0.25, 0.3) is 10.6 Å². The molecule has 1 aromatic heterocycles. The van der Waals surface area contributed by atoms with Crippen LogP contribution in [0.4, 0.5) is 0 Å². The van der Waals surface area contributed by atoms with Crippen LogP contribution in [-0.4, -0.2) is 18.0 Å². The van der Waals surface area contributed by atoms with Crippen LogP contribution in [0.3, 0.4) is 0 Å². The van der Waals surface area contributed by atoms with Gasteiger partial charge in [-0.15, -0.1) is 11.3 Å². The van der Waals surface area contributed by atoms with Gasteiger partial charge in [-0.25, -0.2) is 4.98 Å². The van der Waals surface area contributed by atoms with Crippen molar-refractivity contribution in [3.8, 4) is 16.3 Å². The van der Waals surface area contributed by atoms with Crippen molar-refractivity contribution in [1.82, 2.24) is 10.3 Å². The number of amides is 1. The molecule has 0 radical (unpaired) electrons. The van der Waals surface area contributed by atoms with Crippen molar-refractivity contribution in [1.29, 1.82) is 0 Å². The van der Waals surface area contributed by atoms with Crippen LogP contribution < -0.4 is 10.1 Å². The van der Waals surface area contributed by atoms with Gasteiger partial charge in [-0.05, 0) is 29.8 Å². The van der Waals surface area contributed by atoms with Crippen LogP contribution in [0.1, 0.15) is 11.3 Å². The molecule has 0 fully saturated rings. The molecule has 1 heterocycles. The molecule has 0 bridgehead atoms. The molecule has 24 heavy (non-hydrogen) atoms. The number of methoxy groups -OCH3 is 1. The van der Waals surface area contributed by atoms with Crippen LogP contribution in [-0.2, 0) is 17.8 Å². The molecule has 3 rings (SSSR count). The lowest BCUT2D eigenvalue weighted by Crippen LogP contribution is -2.24. The zero-order valence-electron chi connectivity index (χ0n) is 13.4. The summed E-state index contributed by atoms with van der Waals surface area (Å²) in [5.74, 6) is 0.823. The highest BCUT2D eigenvalue weighted by molar-refractivity contribution is 7.13. The van der Waals surface area contributed by atoms with Crippen LogP contribution >= 0.6 is 11.3 Å². The predicted molar refractivity (Wildman–Crippen MR) is 96.1 cm³/mol. The van der Waals surface area contributed by atoms with Gasteiger partial charge in [-0.1, -0.05) is 30.3 Å². The molecule has 2 aromatic carbocycles. The van der Waals surface area contributed by atoms with E-state index in [0.29, 0.717) is 13.0 Å². The van der Waals surface area contributed by atoms with E-state index in [1.54, 1.807) is 18.4 Å². The van der Waals surface area contributed by atoms with Gasteiger partial charge in [0.2, 0.25) is 5.91 Å². The van der Waals surface area contributed by atoms with Gasteiger partial charge >= 0.3 is 0 Å². The quantitative estimate of drug-likeness (QED) is 0.746. The highest BCUT2D eigenvalue weighted by atomic mass is 32.1. The first-order chi connectivity index (χ1) is 11.7. The molecular formula is C19H18N2O2S. The summed E-state index contributed by atoms with van der Waals surface area (Å²) in [5, 5.41) is 5.83. The number of benzene rings is 2. The lowest BCUT2D eigenvalue weighted by Gasteiger charge is -2.03. The fraction of sp³-hybridized carbons (Fsp3) is 0.158. The van der Waals surface area contributed by atoms with E-state index < -0.39 is 0 Å². The van der Waals surface area contributed by atoms with Crippen molar-refractivity contribution in [3.63, 3.8) is 0 Å². The molecule has 0 spiro atoms. The first-order valence-electron chi connectivity index (χ1n) is 7.64. The van der Waals surface area contributed by atoms with Gasteiger partial charge in [0.15, 0.2) is 0 Å². The number of hydrogen-bond donors (Lipinski definition) is 1. The van der Waals surface area contributed by atoms with Crippen LogP contribution in [0, 0.1) is 0 Å². The Hall–Kier alpha value is -2.66. The summed E-state index contributed by atoms with van der Waals surface area (Å²) in [7, 11) is 1.65. The van der Waals surface area contributed by atoms with E-state index in [4.69, 9.17) is 4.74 Å².